The lowest BCUT2D eigenvalue weighted by Gasteiger charge is -2.18. The van der Waals surface area contributed by atoms with E-state index < -0.39 is 6.10 Å². The van der Waals surface area contributed by atoms with E-state index in [9.17, 15) is 14.4 Å². The molecule has 0 amide bonds. The van der Waals surface area contributed by atoms with Gasteiger partial charge in [-0.05, 0) is 103 Å². The first-order valence-corrected chi connectivity index (χ1v) is 31.2. The third kappa shape index (κ3) is 59.2. The Morgan fingerprint density at radius 3 is 0.838 bits per heavy atom. The molecule has 0 bridgehead atoms. The van der Waals surface area contributed by atoms with Crippen molar-refractivity contribution in [3.05, 3.63) is 97.2 Å². The minimum Gasteiger partial charge on any atom is -0.462 e. The van der Waals surface area contributed by atoms with E-state index in [4.69, 9.17) is 14.2 Å². The lowest BCUT2D eigenvalue weighted by atomic mass is 10.0. The van der Waals surface area contributed by atoms with Gasteiger partial charge >= 0.3 is 17.9 Å². The molecule has 74 heavy (non-hydrogen) atoms. The van der Waals surface area contributed by atoms with Gasteiger partial charge in [-0.3, -0.25) is 14.4 Å². The molecular formula is C68H116O6. The average molecular weight is 1030 g/mol. The molecule has 424 valence electrons. The Kier molecular flexibility index (Phi) is 58.8. The molecule has 1 atom stereocenters. The molecule has 0 aromatic heterocycles. The highest BCUT2D eigenvalue weighted by atomic mass is 16.6. The second-order valence-electron chi connectivity index (χ2n) is 20.6. The Balaban J connectivity index is 4.12. The topological polar surface area (TPSA) is 78.9 Å². The van der Waals surface area contributed by atoms with Gasteiger partial charge in [0.05, 0.1) is 0 Å². The Bertz CT molecular complexity index is 1460. The fourth-order valence-electron chi connectivity index (χ4n) is 8.65. The minimum atomic E-state index is -0.779. The maximum absolute atomic E-state index is 12.8. The first-order valence-electron chi connectivity index (χ1n) is 31.2. The van der Waals surface area contributed by atoms with E-state index in [1.807, 2.05) is 0 Å². The number of carbonyl (C=O) groups excluding carboxylic acids is 3. The molecule has 0 saturated carbocycles. The van der Waals surface area contributed by atoms with Crippen molar-refractivity contribution in [3.8, 4) is 0 Å². The highest BCUT2D eigenvalue weighted by Crippen LogP contribution is 2.16. The van der Waals surface area contributed by atoms with Crippen LogP contribution >= 0.6 is 0 Å². The zero-order valence-corrected chi connectivity index (χ0v) is 48.6. The fourth-order valence-corrected chi connectivity index (χ4v) is 8.65. The molecular weight excluding hydrogens is 913 g/mol. The Hall–Kier alpha value is -3.67. The highest BCUT2D eigenvalue weighted by Gasteiger charge is 2.19. The number of allylic oxidation sites excluding steroid dienone is 16. The van der Waals surface area contributed by atoms with E-state index in [1.54, 1.807) is 0 Å². The summed E-state index contributed by atoms with van der Waals surface area (Å²) >= 11 is 0. The third-order valence-electron chi connectivity index (χ3n) is 13.3. The lowest BCUT2D eigenvalue weighted by Crippen LogP contribution is -2.30. The van der Waals surface area contributed by atoms with Gasteiger partial charge in [0, 0.05) is 19.3 Å². The van der Waals surface area contributed by atoms with Gasteiger partial charge < -0.3 is 14.2 Å². The van der Waals surface area contributed by atoms with Crippen molar-refractivity contribution < 1.29 is 28.6 Å². The first-order chi connectivity index (χ1) is 36.5. The number of ether oxygens (including phenoxy) is 3. The summed E-state index contributed by atoms with van der Waals surface area (Å²) in [7, 11) is 0. The maximum Gasteiger partial charge on any atom is 0.306 e. The Morgan fingerprint density at radius 2 is 0.527 bits per heavy atom. The van der Waals surface area contributed by atoms with Crippen LogP contribution in [0, 0.1) is 0 Å². The van der Waals surface area contributed by atoms with Crippen LogP contribution in [-0.4, -0.2) is 37.2 Å². The molecule has 0 heterocycles. The van der Waals surface area contributed by atoms with Crippen LogP contribution in [0.15, 0.2) is 97.2 Å². The zero-order valence-electron chi connectivity index (χ0n) is 48.6. The number of rotatable bonds is 56. The normalized spacial score (nSPS) is 12.7. The van der Waals surface area contributed by atoms with Crippen LogP contribution in [0.5, 0.6) is 0 Å². The summed E-state index contributed by atoms with van der Waals surface area (Å²) in [6.45, 7) is 6.50. The predicted molar refractivity (Wildman–Crippen MR) is 320 cm³/mol. The first kappa shape index (κ1) is 70.3. The summed E-state index contributed by atoms with van der Waals surface area (Å²) in [5.74, 6) is -0.888. The summed E-state index contributed by atoms with van der Waals surface area (Å²) in [6.07, 6.45) is 82.9. The fraction of sp³-hybridized carbons (Fsp3) is 0.721. The second-order valence-corrected chi connectivity index (χ2v) is 20.6. The van der Waals surface area contributed by atoms with Gasteiger partial charge in [-0.1, -0.05) is 272 Å². The molecule has 0 saturated heterocycles. The number of hydrogen-bond donors (Lipinski definition) is 0. The molecule has 0 aromatic carbocycles. The van der Waals surface area contributed by atoms with Crippen LogP contribution in [-0.2, 0) is 28.6 Å². The molecule has 0 spiro atoms. The molecule has 0 aliphatic heterocycles. The number of esters is 3. The quantitative estimate of drug-likeness (QED) is 0.0261. The van der Waals surface area contributed by atoms with Crippen LogP contribution in [0.1, 0.15) is 297 Å². The summed E-state index contributed by atoms with van der Waals surface area (Å²) < 4.78 is 16.8. The van der Waals surface area contributed by atoms with Crippen LogP contribution < -0.4 is 0 Å². The SMILES string of the molecule is CC/C=C\C/C=C\C/C=C\C/C=C\C/C=C\C/C=C\C/C=C\CCCCCCCCCCCCCC(=O)OCC(COC(=O)CCCCCCCCCC)OC(=O)CCCCCCC/C=C\CCCCCCCC. The Morgan fingerprint density at radius 1 is 0.284 bits per heavy atom. The monoisotopic (exact) mass is 1030 g/mol. The van der Waals surface area contributed by atoms with E-state index in [0.29, 0.717) is 19.3 Å². The van der Waals surface area contributed by atoms with Crippen LogP contribution in [0.25, 0.3) is 0 Å². The molecule has 6 heteroatoms. The Labute approximate surface area is 457 Å². The van der Waals surface area contributed by atoms with E-state index in [1.165, 1.54) is 141 Å². The van der Waals surface area contributed by atoms with Gasteiger partial charge in [0.25, 0.3) is 0 Å². The van der Waals surface area contributed by atoms with Crippen molar-refractivity contribution in [1.29, 1.82) is 0 Å². The van der Waals surface area contributed by atoms with Crippen molar-refractivity contribution in [2.24, 2.45) is 0 Å². The zero-order chi connectivity index (χ0) is 53.6. The van der Waals surface area contributed by atoms with Gasteiger partial charge in [-0.25, -0.2) is 0 Å². The van der Waals surface area contributed by atoms with Crippen LogP contribution in [0.3, 0.4) is 0 Å². The smallest absolute Gasteiger partial charge is 0.306 e. The molecule has 0 fully saturated rings. The lowest BCUT2D eigenvalue weighted by molar-refractivity contribution is -0.167. The number of hydrogen-bond acceptors (Lipinski definition) is 6. The number of unbranched alkanes of at least 4 members (excludes halogenated alkanes) is 29. The minimum absolute atomic E-state index is 0.0785. The van der Waals surface area contributed by atoms with Gasteiger partial charge in [0.2, 0.25) is 0 Å². The standard InChI is InChI=1S/C68H116O6/c1-4-7-10-13-16-19-21-23-25-26-27-28-29-30-31-32-33-34-35-36-37-38-39-40-41-42-44-45-47-49-52-55-58-61-67(70)73-64-65(63-72-66(69)60-57-54-51-18-15-12-9-6-3)74-68(71)62-59-56-53-50-48-46-43-24-22-20-17-14-11-8-5-2/h7,10,16,19,23-25,27-28,30-31,33-34,36-37,43,65H,4-6,8-9,11-15,17-18,20-22,26,29,32,35,38-42,44-64H2,1-3H3/b10-7-,19-16-,25-23-,28-27-,31-30-,34-33-,37-36-,43-24-. The molecule has 0 rings (SSSR count). The van der Waals surface area contributed by atoms with Gasteiger partial charge in [-0.2, -0.15) is 0 Å². The van der Waals surface area contributed by atoms with E-state index >= 15 is 0 Å². The molecule has 0 radical (unpaired) electrons. The molecule has 1 unspecified atom stereocenters. The summed E-state index contributed by atoms with van der Waals surface area (Å²) in [5.41, 5.74) is 0. The van der Waals surface area contributed by atoms with Crippen LogP contribution in [0.2, 0.25) is 0 Å². The molecule has 0 N–H and O–H groups in total. The number of carbonyl (C=O) groups is 3. The van der Waals surface area contributed by atoms with E-state index in [2.05, 4.69) is 118 Å². The largest absolute Gasteiger partial charge is 0.462 e. The van der Waals surface area contributed by atoms with Crippen molar-refractivity contribution in [3.63, 3.8) is 0 Å². The third-order valence-corrected chi connectivity index (χ3v) is 13.3. The van der Waals surface area contributed by atoms with E-state index in [-0.39, 0.29) is 31.1 Å². The molecule has 6 nitrogen and oxygen atoms in total. The highest BCUT2D eigenvalue weighted by molar-refractivity contribution is 5.71. The van der Waals surface area contributed by atoms with Crippen molar-refractivity contribution in [2.75, 3.05) is 13.2 Å². The summed E-state index contributed by atoms with van der Waals surface area (Å²) in [5, 5.41) is 0. The van der Waals surface area contributed by atoms with Crippen molar-refractivity contribution >= 4 is 17.9 Å². The molecule has 0 aliphatic carbocycles. The van der Waals surface area contributed by atoms with Gasteiger partial charge in [0.15, 0.2) is 6.10 Å². The predicted octanol–water partition coefficient (Wildman–Crippen LogP) is 21.3. The van der Waals surface area contributed by atoms with Gasteiger partial charge in [-0.15, -0.1) is 0 Å². The van der Waals surface area contributed by atoms with Crippen molar-refractivity contribution in [1.82, 2.24) is 0 Å². The second kappa shape index (κ2) is 61.9. The maximum atomic E-state index is 12.8. The van der Waals surface area contributed by atoms with E-state index in [0.717, 1.165) is 116 Å². The summed E-state index contributed by atoms with van der Waals surface area (Å²) in [6, 6.07) is 0. The molecule has 0 aliphatic rings. The average Bonchev–Trinajstić information content (AvgIpc) is 3.40. The molecule has 0 aromatic rings. The van der Waals surface area contributed by atoms with Crippen LogP contribution in [0.4, 0.5) is 0 Å². The summed E-state index contributed by atoms with van der Waals surface area (Å²) in [4.78, 5) is 38.0. The van der Waals surface area contributed by atoms with Gasteiger partial charge in [0.1, 0.15) is 13.2 Å². The van der Waals surface area contributed by atoms with Crippen molar-refractivity contribution in [2.45, 2.75) is 303 Å².